The van der Waals surface area contributed by atoms with Gasteiger partial charge in [0.05, 0.1) is 5.69 Å². The summed E-state index contributed by atoms with van der Waals surface area (Å²) < 4.78 is 26.5. The second-order valence-corrected chi connectivity index (χ2v) is 5.29. The number of halogens is 2. The van der Waals surface area contributed by atoms with Crippen molar-refractivity contribution in [3.8, 4) is 0 Å². The molecule has 4 nitrogen and oxygen atoms in total. The van der Waals surface area contributed by atoms with Crippen molar-refractivity contribution in [2.75, 3.05) is 25.5 Å². The van der Waals surface area contributed by atoms with E-state index < -0.39 is 11.6 Å². The number of piperidine rings is 1. The molecule has 116 valence electrons. The highest BCUT2D eigenvalue weighted by molar-refractivity contribution is 5.89. The van der Waals surface area contributed by atoms with Crippen molar-refractivity contribution < 1.29 is 13.6 Å². The first-order valence-corrected chi connectivity index (χ1v) is 7.29. The van der Waals surface area contributed by atoms with Crippen molar-refractivity contribution in [1.82, 2.24) is 10.2 Å². The molecule has 0 aromatic heterocycles. The van der Waals surface area contributed by atoms with Crippen LogP contribution >= 0.6 is 0 Å². The second kappa shape index (κ2) is 7.36. The van der Waals surface area contributed by atoms with Crippen molar-refractivity contribution in [1.29, 1.82) is 0 Å². The van der Waals surface area contributed by atoms with E-state index in [4.69, 9.17) is 0 Å². The summed E-state index contributed by atoms with van der Waals surface area (Å²) in [5, 5.41) is 5.62. The average molecular weight is 297 g/mol. The summed E-state index contributed by atoms with van der Waals surface area (Å²) in [4.78, 5) is 14.1. The molecule has 6 heteroatoms. The van der Waals surface area contributed by atoms with Crippen LogP contribution in [0.1, 0.15) is 25.7 Å². The van der Waals surface area contributed by atoms with Crippen molar-refractivity contribution >= 4 is 11.7 Å². The third-order valence-corrected chi connectivity index (χ3v) is 3.79. The number of rotatable bonds is 4. The van der Waals surface area contributed by atoms with Crippen molar-refractivity contribution in [2.24, 2.45) is 0 Å². The summed E-state index contributed by atoms with van der Waals surface area (Å²) in [5.74, 6) is -1.41. The molecule has 1 aromatic rings. The van der Waals surface area contributed by atoms with Crippen LogP contribution in [0.25, 0.3) is 0 Å². The van der Waals surface area contributed by atoms with Gasteiger partial charge in [-0.2, -0.15) is 0 Å². The van der Waals surface area contributed by atoms with E-state index in [0.717, 1.165) is 44.4 Å². The van der Waals surface area contributed by atoms with Gasteiger partial charge in [0.25, 0.3) is 0 Å². The van der Waals surface area contributed by atoms with Crippen LogP contribution in [0.5, 0.6) is 0 Å². The number of benzene rings is 1. The fraction of sp³-hybridized carbons (Fsp3) is 0.533. The molecule has 1 aliphatic rings. The number of amides is 2. The highest BCUT2D eigenvalue weighted by Crippen LogP contribution is 2.22. The number of anilines is 1. The standard InChI is InChI=1S/C15H21F2N3O/c1-18-8-7-12-4-2-3-9-20(12)15(21)19-14-6-5-11(16)10-13(14)17/h5-6,10,12,18H,2-4,7-9H2,1H3,(H,19,21). The molecule has 1 fully saturated rings. The second-order valence-electron chi connectivity index (χ2n) is 5.29. The molecule has 1 aromatic carbocycles. The van der Waals surface area contributed by atoms with Gasteiger partial charge in [0.1, 0.15) is 11.6 Å². The summed E-state index contributed by atoms with van der Waals surface area (Å²) in [7, 11) is 1.88. The number of hydrogen-bond acceptors (Lipinski definition) is 2. The molecule has 0 radical (unpaired) electrons. The number of likely N-dealkylation sites (tertiary alicyclic amines) is 1. The maximum atomic E-state index is 13.6. The molecule has 0 saturated carbocycles. The summed E-state index contributed by atoms with van der Waals surface area (Å²) in [6, 6.07) is 2.99. The predicted molar refractivity (Wildman–Crippen MR) is 78.3 cm³/mol. The SMILES string of the molecule is CNCCC1CCCCN1C(=O)Nc1ccc(F)cc1F. The lowest BCUT2D eigenvalue weighted by Gasteiger charge is -2.35. The Morgan fingerprint density at radius 3 is 2.90 bits per heavy atom. The number of hydrogen-bond donors (Lipinski definition) is 2. The molecular weight excluding hydrogens is 276 g/mol. The minimum absolute atomic E-state index is 0.0133. The molecule has 2 N–H and O–H groups in total. The third kappa shape index (κ3) is 4.14. The Labute approximate surface area is 123 Å². The lowest BCUT2D eigenvalue weighted by Crippen LogP contribution is -2.46. The van der Waals surface area contributed by atoms with Gasteiger partial charge in [-0.15, -0.1) is 0 Å². The lowest BCUT2D eigenvalue weighted by atomic mass is 10.00. The Morgan fingerprint density at radius 1 is 1.38 bits per heavy atom. The van der Waals surface area contributed by atoms with Crippen molar-refractivity contribution in [2.45, 2.75) is 31.7 Å². The van der Waals surface area contributed by atoms with Gasteiger partial charge in [0, 0.05) is 18.7 Å². The first kappa shape index (κ1) is 15.7. The van der Waals surface area contributed by atoms with Crippen LogP contribution in [-0.2, 0) is 0 Å². The Morgan fingerprint density at radius 2 is 2.19 bits per heavy atom. The number of carbonyl (C=O) groups excluding carboxylic acids is 1. The summed E-state index contributed by atoms with van der Waals surface area (Å²) in [5.41, 5.74) is 0.0133. The largest absolute Gasteiger partial charge is 0.322 e. The van der Waals surface area contributed by atoms with E-state index in [1.54, 1.807) is 4.90 Å². The zero-order valence-electron chi connectivity index (χ0n) is 12.2. The Hall–Kier alpha value is -1.69. The Bertz CT molecular complexity index is 496. The minimum atomic E-state index is -0.757. The number of carbonyl (C=O) groups is 1. The Kier molecular flexibility index (Phi) is 5.50. The maximum Gasteiger partial charge on any atom is 0.322 e. The molecule has 1 aliphatic heterocycles. The van der Waals surface area contributed by atoms with Gasteiger partial charge >= 0.3 is 6.03 Å². The van der Waals surface area contributed by atoms with Gasteiger partial charge in [-0.25, -0.2) is 13.6 Å². The van der Waals surface area contributed by atoms with E-state index >= 15 is 0 Å². The molecule has 0 aliphatic carbocycles. The van der Waals surface area contributed by atoms with Crippen molar-refractivity contribution in [3.05, 3.63) is 29.8 Å². The normalized spacial score (nSPS) is 18.6. The lowest BCUT2D eigenvalue weighted by molar-refractivity contribution is 0.158. The summed E-state index contributed by atoms with van der Waals surface area (Å²) in [6.07, 6.45) is 3.88. The monoisotopic (exact) mass is 297 g/mol. The summed E-state index contributed by atoms with van der Waals surface area (Å²) in [6.45, 7) is 1.50. The van der Waals surface area contributed by atoms with Crippen molar-refractivity contribution in [3.63, 3.8) is 0 Å². The van der Waals surface area contributed by atoms with Crippen LogP contribution in [0.15, 0.2) is 18.2 Å². The molecule has 21 heavy (non-hydrogen) atoms. The molecule has 1 unspecified atom stereocenters. The quantitative estimate of drug-likeness (QED) is 0.897. The summed E-state index contributed by atoms with van der Waals surface area (Å²) >= 11 is 0. The molecule has 0 spiro atoms. The topological polar surface area (TPSA) is 44.4 Å². The fourth-order valence-electron chi connectivity index (χ4n) is 2.66. The zero-order valence-corrected chi connectivity index (χ0v) is 12.2. The third-order valence-electron chi connectivity index (χ3n) is 3.79. The number of nitrogens with zero attached hydrogens (tertiary/aromatic N) is 1. The van der Waals surface area contributed by atoms with Crippen LogP contribution in [0.4, 0.5) is 19.3 Å². The molecule has 0 bridgehead atoms. The number of nitrogens with one attached hydrogen (secondary N) is 2. The molecule has 1 saturated heterocycles. The van der Waals surface area contributed by atoms with Gasteiger partial charge in [0.15, 0.2) is 0 Å². The minimum Gasteiger partial charge on any atom is -0.322 e. The van der Waals surface area contributed by atoms with Gasteiger partial charge < -0.3 is 15.5 Å². The van der Waals surface area contributed by atoms with Crippen LogP contribution in [0, 0.1) is 11.6 Å². The number of urea groups is 1. The maximum absolute atomic E-state index is 13.6. The smallest absolute Gasteiger partial charge is 0.322 e. The predicted octanol–water partition coefficient (Wildman–Crippen LogP) is 2.96. The molecule has 2 rings (SSSR count). The van der Waals surface area contributed by atoms with Gasteiger partial charge in [-0.1, -0.05) is 0 Å². The van der Waals surface area contributed by atoms with E-state index in [0.29, 0.717) is 6.54 Å². The van der Waals surface area contributed by atoms with Gasteiger partial charge in [-0.3, -0.25) is 0 Å². The zero-order chi connectivity index (χ0) is 15.2. The van der Waals surface area contributed by atoms with Crippen LogP contribution in [0.3, 0.4) is 0 Å². The van der Waals surface area contributed by atoms with E-state index in [1.807, 2.05) is 7.05 Å². The molecule has 1 heterocycles. The van der Waals surface area contributed by atoms with E-state index in [-0.39, 0.29) is 17.8 Å². The first-order valence-electron chi connectivity index (χ1n) is 7.29. The molecule has 2 amide bonds. The first-order chi connectivity index (χ1) is 10.1. The highest BCUT2D eigenvalue weighted by atomic mass is 19.1. The highest BCUT2D eigenvalue weighted by Gasteiger charge is 2.26. The van der Waals surface area contributed by atoms with Gasteiger partial charge in [0.2, 0.25) is 0 Å². The van der Waals surface area contributed by atoms with E-state index in [2.05, 4.69) is 10.6 Å². The Balaban J connectivity index is 2.03. The van der Waals surface area contributed by atoms with Crippen LogP contribution in [0.2, 0.25) is 0 Å². The molecular formula is C15H21F2N3O. The van der Waals surface area contributed by atoms with E-state index in [9.17, 15) is 13.6 Å². The average Bonchev–Trinajstić information content (AvgIpc) is 2.48. The fourth-order valence-corrected chi connectivity index (χ4v) is 2.66. The van der Waals surface area contributed by atoms with Crippen LogP contribution < -0.4 is 10.6 Å². The molecule has 1 atom stereocenters. The van der Waals surface area contributed by atoms with Gasteiger partial charge in [-0.05, 0) is 51.4 Å². The van der Waals surface area contributed by atoms with Crippen LogP contribution in [-0.4, -0.2) is 37.1 Å². The van der Waals surface area contributed by atoms with E-state index in [1.165, 1.54) is 6.07 Å².